The van der Waals surface area contributed by atoms with Crippen LogP contribution < -0.4 is 15.8 Å². The Morgan fingerprint density at radius 2 is 2.44 bits per heavy atom. The summed E-state index contributed by atoms with van der Waals surface area (Å²) in [6.07, 6.45) is 0. The molecule has 46 valence electrons. The van der Waals surface area contributed by atoms with E-state index in [0.717, 1.165) is 20.8 Å². The van der Waals surface area contributed by atoms with Crippen molar-refractivity contribution in [3.8, 4) is 0 Å². The number of H-pyrrole nitrogens is 1. The molecule has 0 saturated carbocycles. The van der Waals surface area contributed by atoms with Crippen LogP contribution in [0.4, 0.5) is 5.69 Å². The molecule has 4 nitrogen and oxygen atoms in total. The fourth-order valence-electron chi connectivity index (χ4n) is 0.526. The molecule has 3 N–H and O–H groups in total. The second kappa shape index (κ2) is 2.21. The largest absolute Gasteiger partial charge is 0.394 e. The molecule has 0 unspecified atom stereocenters. The zero-order valence-electron chi connectivity index (χ0n) is 5.01. The van der Waals surface area contributed by atoms with Crippen molar-refractivity contribution in [2.45, 2.75) is 0 Å². The van der Waals surface area contributed by atoms with Gasteiger partial charge in [0.05, 0.1) is 5.69 Å². The molecule has 0 fully saturated rings. The number of nitrogens with one attached hydrogen (secondary N) is 1. The van der Waals surface area contributed by atoms with E-state index in [1.54, 1.807) is 6.07 Å². The minimum Gasteiger partial charge on any atom is -0.394 e. The summed E-state index contributed by atoms with van der Waals surface area (Å²) in [6.45, 7) is 0. The summed E-state index contributed by atoms with van der Waals surface area (Å²) in [7, 11) is 0. The molecule has 0 aromatic carbocycles. The second-order valence-electron chi connectivity index (χ2n) is 1.79. The van der Waals surface area contributed by atoms with Crippen molar-refractivity contribution in [2.75, 3.05) is 5.73 Å². The van der Waals surface area contributed by atoms with Gasteiger partial charge in [-0.1, -0.05) is 0 Å². The molecule has 1 aromatic rings. The number of nitrogen functional groups attached to an aromatic ring is 1. The minimum absolute atomic E-state index is 0.245. The SMILES string of the molecule is Nc1c[c]([AlH2])n[nH]c1=O. The van der Waals surface area contributed by atoms with Crippen molar-refractivity contribution in [3.05, 3.63) is 16.4 Å². The highest BCUT2D eigenvalue weighted by atomic mass is 27.0. The maximum atomic E-state index is 10.5. The average molecular weight is 139 g/mol. The fraction of sp³-hybridized carbons (Fsp3) is 0. The van der Waals surface area contributed by atoms with Gasteiger partial charge in [0.25, 0.3) is 21.8 Å². The number of hydrogen-bond acceptors (Lipinski definition) is 3. The Balaban J connectivity index is 3.34. The van der Waals surface area contributed by atoms with Crippen LogP contribution in [0.1, 0.15) is 0 Å². The van der Waals surface area contributed by atoms with Crippen molar-refractivity contribution in [1.29, 1.82) is 0 Å². The second-order valence-corrected chi connectivity index (χ2v) is 2.82. The van der Waals surface area contributed by atoms with Crippen LogP contribution in [-0.2, 0) is 0 Å². The zero-order valence-corrected chi connectivity index (χ0v) is 7.01. The van der Waals surface area contributed by atoms with Gasteiger partial charge in [0.15, 0.2) is 0 Å². The number of rotatable bonds is 0. The summed E-state index contributed by atoms with van der Waals surface area (Å²) >= 11 is 0.809. The first-order valence-electron chi connectivity index (χ1n) is 2.52. The first-order chi connectivity index (χ1) is 4.20. The Morgan fingerprint density at radius 3 is 2.89 bits per heavy atom. The van der Waals surface area contributed by atoms with Crippen LogP contribution in [0, 0.1) is 0 Å². The van der Waals surface area contributed by atoms with Gasteiger partial charge in [-0.25, -0.2) is 5.10 Å². The Hall–Kier alpha value is -0.788. The maximum Gasteiger partial charge on any atom is 0.293 e. The molecule has 0 aliphatic carbocycles. The lowest BCUT2D eigenvalue weighted by atomic mass is 10.5. The Morgan fingerprint density at radius 1 is 1.78 bits per heavy atom. The fourth-order valence-corrected chi connectivity index (χ4v) is 0.949. The van der Waals surface area contributed by atoms with E-state index in [1.165, 1.54) is 0 Å². The molecule has 0 spiro atoms. The third kappa shape index (κ3) is 1.31. The molecule has 0 aliphatic heterocycles. The van der Waals surface area contributed by atoms with Crippen LogP contribution in [0.15, 0.2) is 10.9 Å². The van der Waals surface area contributed by atoms with Gasteiger partial charge in [-0.05, 0) is 10.6 Å². The van der Waals surface area contributed by atoms with Crippen molar-refractivity contribution in [3.63, 3.8) is 0 Å². The third-order valence-corrected chi connectivity index (χ3v) is 1.47. The molecule has 0 saturated heterocycles. The van der Waals surface area contributed by atoms with E-state index in [2.05, 4.69) is 10.2 Å². The van der Waals surface area contributed by atoms with Gasteiger partial charge >= 0.3 is 0 Å². The molecule has 0 atom stereocenters. The molecule has 0 aliphatic rings. The average Bonchev–Trinajstić information content (AvgIpc) is 1.80. The topological polar surface area (TPSA) is 71.8 Å². The molecule has 9 heavy (non-hydrogen) atoms. The Labute approximate surface area is 59.5 Å². The standard InChI is InChI=1S/C4H4N3O.Al.2H/c5-3-1-2-6-7-4(3)8;;;/h1H,(H2,5,6)(H,7,8);;;. The van der Waals surface area contributed by atoms with Crippen LogP contribution >= 0.6 is 0 Å². The van der Waals surface area contributed by atoms with Crippen molar-refractivity contribution >= 4 is 26.5 Å². The summed E-state index contributed by atoms with van der Waals surface area (Å²) in [4.78, 5) is 10.5. The molecule has 1 aromatic heterocycles. The first-order valence-corrected chi connectivity index (χ1v) is 3.52. The molecule has 0 bridgehead atoms. The molecule has 0 radical (unpaired) electrons. The Bertz CT molecular complexity index is 269. The number of anilines is 1. The van der Waals surface area contributed by atoms with E-state index in [0.29, 0.717) is 0 Å². The maximum absolute atomic E-state index is 10.5. The highest BCUT2D eigenvalue weighted by Gasteiger charge is 1.91. The summed E-state index contributed by atoms with van der Waals surface area (Å²) in [5.74, 6) is 0. The lowest BCUT2D eigenvalue weighted by Gasteiger charge is -1.90. The van der Waals surface area contributed by atoms with E-state index < -0.39 is 0 Å². The minimum atomic E-state index is -0.311. The summed E-state index contributed by atoms with van der Waals surface area (Å²) in [6, 6.07) is 1.59. The van der Waals surface area contributed by atoms with E-state index in [-0.39, 0.29) is 11.2 Å². The normalized spacial score (nSPS) is 9.33. The number of nitrogens with zero attached hydrogens (tertiary/aromatic N) is 1. The predicted octanol–water partition coefficient (Wildman–Crippen LogP) is -2.39. The third-order valence-electron chi connectivity index (χ3n) is 0.960. The van der Waals surface area contributed by atoms with Gasteiger partial charge in [0.1, 0.15) is 0 Å². The Kier molecular flexibility index (Phi) is 1.56. The van der Waals surface area contributed by atoms with Crippen LogP contribution in [0.2, 0.25) is 0 Å². The van der Waals surface area contributed by atoms with Crippen LogP contribution in [0.25, 0.3) is 0 Å². The number of aromatic nitrogens is 2. The van der Waals surface area contributed by atoms with Crippen molar-refractivity contribution < 1.29 is 0 Å². The van der Waals surface area contributed by atoms with Gasteiger partial charge in [0, 0.05) is 0 Å². The van der Waals surface area contributed by atoms with Crippen molar-refractivity contribution in [2.24, 2.45) is 0 Å². The van der Waals surface area contributed by atoms with Crippen molar-refractivity contribution in [1.82, 2.24) is 10.2 Å². The van der Waals surface area contributed by atoms with Gasteiger partial charge in [-0.2, -0.15) is 5.10 Å². The summed E-state index contributed by atoms with van der Waals surface area (Å²) in [5, 5.41) is 5.96. The summed E-state index contributed by atoms with van der Waals surface area (Å²) < 4.78 is 0.854. The van der Waals surface area contributed by atoms with Gasteiger partial charge < -0.3 is 5.73 Å². The molecular weight excluding hydrogens is 133 g/mol. The number of nitrogens with two attached hydrogens (primary N) is 1. The van der Waals surface area contributed by atoms with E-state index in [9.17, 15) is 4.79 Å². The first kappa shape index (κ1) is 6.33. The molecular formula is C4H6AlN3O. The lowest BCUT2D eigenvalue weighted by molar-refractivity contribution is 1.02. The molecule has 1 heterocycles. The highest BCUT2D eigenvalue weighted by molar-refractivity contribution is 6.30. The van der Waals surface area contributed by atoms with Gasteiger partial charge in [-0.15, -0.1) is 0 Å². The van der Waals surface area contributed by atoms with E-state index in [1.807, 2.05) is 0 Å². The van der Waals surface area contributed by atoms with Crippen LogP contribution in [-0.4, -0.2) is 26.5 Å². The van der Waals surface area contributed by atoms with Crippen LogP contribution in [0.3, 0.4) is 0 Å². The quantitative estimate of drug-likeness (QED) is 0.394. The number of aromatic amines is 1. The molecule has 1 rings (SSSR count). The lowest BCUT2D eigenvalue weighted by Crippen LogP contribution is -2.21. The zero-order chi connectivity index (χ0) is 6.85. The van der Waals surface area contributed by atoms with Gasteiger partial charge in [-0.3, -0.25) is 4.79 Å². The van der Waals surface area contributed by atoms with Crippen LogP contribution in [0.5, 0.6) is 0 Å². The summed E-state index contributed by atoms with van der Waals surface area (Å²) in [5.41, 5.74) is 5.19. The smallest absolute Gasteiger partial charge is 0.293 e. The molecule has 0 amide bonds. The monoisotopic (exact) mass is 139 g/mol. The molecule has 5 heteroatoms. The van der Waals surface area contributed by atoms with Gasteiger partial charge in [0.2, 0.25) is 0 Å². The highest BCUT2D eigenvalue weighted by Crippen LogP contribution is 1.79. The predicted molar refractivity (Wildman–Crippen MR) is 37.4 cm³/mol. The number of hydrogen-bond donors (Lipinski definition) is 2. The van der Waals surface area contributed by atoms with E-state index in [4.69, 9.17) is 5.73 Å². The van der Waals surface area contributed by atoms with E-state index >= 15 is 0 Å².